The number of hydrogen-bond donors (Lipinski definition) is 2. The van der Waals surface area contributed by atoms with Crippen LogP contribution < -0.4 is 10.6 Å². The molecule has 0 aliphatic heterocycles. The molecule has 0 bridgehead atoms. The van der Waals surface area contributed by atoms with E-state index in [9.17, 15) is 4.79 Å². The van der Waals surface area contributed by atoms with Crippen molar-refractivity contribution in [1.29, 1.82) is 0 Å². The van der Waals surface area contributed by atoms with Gasteiger partial charge in [0.15, 0.2) is 0 Å². The molecule has 3 aromatic heterocycles. The Bertz CT molecular complexity index is 966. The number of amides is 2. The van der Waals surface area contributed by atoms with Crippen molar-refractivity contribution >= 4 is 22.5 Å². The molecule has 0 radical (unpaired) electrons. The van der Waals surface area contributed by atoms with Crippen LogP contribution in [0.4, 0.5) is 9.93 Å². The van der Waals surface area contributed by atoms with Crippen LogP contribution in [-0.2, 0) is 0 Å². The molecule has 158 valence electrons. The van der Waals surface area contributed by atoms with E-state index in [2.05, 4.69) is 36.0 Å². The first-order chi connectivity index (χ1) is 14.6. The second kappa shape index (κ2) is 9.29. The first-order valence-corrected chi connectivity index (χ1v) is 11.1. The van der Waals surface area contributed by atoms with E-state index in [0.29, 0.717) is 22.8 Å². The van der Waals surface area contributed by atoms with Gasteiger partial charge in [-0.2, -0.15) is 4.98 Å². The van der Waals surface area contributed by atoms with Crippen LogP contribution in [-0.4, -0.2) is 31.4 Å². The Hall–Kier alpha value is -2.88. The molecular weight excluding hydrogens is 402 g/mol. The maximum absolute atomic E-state index is 12.6. The van der Waals surface area contributed by atoms with Crippen molar-refractivity contribution in [3.63, 3.8) is 0 Å². The first-order valence-electron chi connectivity index (χ1n) is 10.2. The van der Waals surface area contributed by atoms with Gasteiger partial charge in [0.25, 0.3) is 0 Å². The van der Waals surface area contributed by atoms with Crippen LogP contribution in [0.15, 0.2) is 29.0 Å². The van der Waals surface area contributed by atoms with Crippen molar-refractivity contribution in [2.75, 3.05) is 5.32 Å². The zero-order valence-corrected chi connectivity index (χ0v) is 17.9. The van der Waals surface area contributed by atoms with E-state index in [1.165, 1.54) is 30.6 Å². The maximum atomic E-state index is 12.6. The third-order valence-corrected chi connectivity index (χ3v) is 6.20. The number of nitrogens with zero attached hydrogens (tertiary/aromatic N) is 5. The number of rotatable bonds is 6. The van der Waals surface area contributed by atoms with Crippen molar-refractivity contribution in [3.8, 4) is 11.4 Å². The quantitative estimate of drug-likeness (QED) is 0.592. The molecule has 0 saturated heterocycles. The molecule has 2 amide bonds. The summed E-state index contributed by atoms with van der Waals surface area (Å²) in [6.07, 6.45) is 9.39. The molecule has 3 aromatic rings. The summed E-state index contributed by atoms with van der Waals surface area (Å²) in [4.78, 5) is 21.1. The predicted molar refractivity (Wildman–Crippen MR) is 113 cm³/mol. The molecule has 0 aromatic carbocycles. The summed E-state index contributed by atoms with van der Waals surface area (Å²) >= 11 is 1.45. The third-order valence-electron chi connectivity index (χ3n) is 5.20. The summed E-state index contributed by atoms with van der Waals surface area (Å²) < 4.78 is 5.42. The Kier molecular flexibility index (Phi) is 6.32. The highest BCUT2D eigenvalue weighted by Gasteiger charge is 2.26. The van der Waals surface area contributed by atoms with E-state index >= 15 is 0 Å². The van der Waals surface area contributed by atoms with Crippen LogP contribution in [0, 0.1) is 5.92 Å². The minimum Gasteiger partial charge on any atom is -0.337 e. The van der Waals surface area contributed by atoms with Crippen LogP contribution >= 0.6 is 11.3 Å². The standard InChI is InChI=1S/C20H25N7O2S/c1-12(2)15(17-23-16(27-29-17)14-9-6-10-21-11-14)22-19(28)24-20-26-25-18(30-20)13-7-4-3-5-8-13/h6,9-13,15H,3-5,7-8H2,1-2H3,(H2,22,24,26,28). The van der Waals surface area contributed by atoms with Crippen LogP contribution in [0.2, 0.25) is 0 Å². The number of urea groups is 1. The van der Waals surface area contributed by atoms with E-state index in [1.54, 1.807) is 18.5 Å². The summed E-state index contributed by atoms with van der Waals surface area (Å²) in [6.45, 7) is 3.95. The van der Waals surface area contributed by atoms with E-state index in [-0.39, 0.29) is 11.9 Å². The fourth-order valence-corrected chi connectivity index (χ4v) is 4.47. The average molecular weight is 428 g/mol. The minimum absolute atomic E-state index is 0.0465. The number of carbonyl (C=O) groups excluding carboxylic acids is 1. The molecule has 4 rings (SSSR count). The average Bonchev–Trinajstić information content (AvgIpc) is 3.43. The largest absolute Gasteiger partial charge is 0.337 e. The van der Waals surface area contributed by atoms with Crippen molar-refractivity contribution in [2.24, 2.45) is 5.92 Å². The lowest BCUT2D eigenvalue weighted by Crippen LogP contribution is -2.35. The number of anilines is 1. The Labute approximate surface area is 178 Å². The van der Waals surface area contributed by atoms with Crippen molar-refractivity contribution in [2.45, 2.75) is 57.9 Å². The molecule has 1 aliphatic carbocycles. The SMILES string of the molecule is CC(C)C(NC(=O)Nc1nnc(C2CCCCC2)s1)c1nc(-c2cccnc2)no1. The lowest BCUT2D eigenvalue weighted by atomic mass is 9.90. The molecule has 3 heterocycles. The molecule has 0 spiro atoms. The van der Waals surface area contributed by atoms with Gasteiger partial charge >= 0.3 is 6.03 Å². The minimum atomic E-state index is -0.436. The lowest BCUT2D eigenvalue weighted by molar-refractivity contribution is 0.236. The van der Waals surface area contributed by atoms with Gasteiger partial charge in [-0.3, -0.25) is 10.3 Å². The Morgan fingerprint density at radius 2 is 2.07 bits per heavy atom. The van der Waals surface area contributed by atoms with Crippen LogP contribution in [0.5, 0.6) is 0 Å². The van der Waals surface area contributed by atoms with E-state index < -0.39 is 6.04 Å². The van der Waals surface area contributed by atoms with Gasteiger partial charge in [-0.1, -0.05) is 49.6 Å². The zero-order chi connectivity index (χ0) is 20.9. The van der Waals surface area contributed by atoms with Gasteiger partial charge in [-0.15, -0.1) is 10.2 Å². The molecule has 1 atom stereocenters. The number of carbonyl (C=O) groups is 1. The van der Waals surface area contributed by atoms with Gasteiger partial charge in [-0.25, -0.2) is 4.79 Å². The van der Waals surface area contributed by atoms with Crippen molar-refractivity contribution in [1.82, 2.24) is 30.6 Å². The fraction of sp³-hybridized carbons (Fsp3) is 0.500. The highest BCUT2D eigenvalue weighted by molar-refractivity contribution is 7.15. The number of nitrogens with one attached hydrogen (secondary N) is 2. The van der Waals surface area contributed by atoms with E-state index in [0.717, 1.165) is 23.4 Å². The van der Waals surface area contributed by atoms with Crippen LogP contribution in [0.1, 0.15) is 68.8 Å². The zero-order valence-electron chi connectivity index (χ0n) is 17.0. The summed E-state index contributed by atoms with van der Waals surface area (Å²) in [5.41, 5.74) is 0.753. The Morgan fingerprint density at radius 1 is 1.23 bits per heavy atom. The third kappa shape index (κ3) is 4.81. The summed E-state index contributed by atoms with van der Waals surface area (Å²) in [5.74, 6) is 1.29. The second-order valence-electron chi connectivity index (χ2n) is 7.80. The maximum Gasteiger partial charge on any atom is 0.321 e. The van der Waals surface area contributed by atoms with Crippen LogP contribution in [0.25, 0.3) is 11.4 Å². The molecule has 2 N–H and O–H groups in total. The molecule has 1 saturated carbocycles. The van der Waals surface area contributed by atoms with Gasteiger partial charge in [0, 0.05) is 23.9 Å². The Balaban J connectivity index is 1.40. The normalized spacial score (nSPS) is 15.8. The van der Waals surface area contributed by atoms with Gasteiger partial charge in [0.2, 0.25) is 16.8 Å². The number of pyridine rings is 1. The van der Waals surface area contributed by atoms with E-state index in [1.807, 2.05) is 19.9 Å². The van der Waals surface area contributed by atoms with E-state index in [4.69, 9.17) is 4.52 Å². The molecule has 1 unspecified atom stereocenters. The monoisotopic (exact) mass is 427 g/mol. The van der Waals surface area contributed by atoms with Gasteiger partial charge in [-0.05, 0) is 30.9 Å². The molecule has 1 fully saturated rings. The smallest absolute Gasteiger partial charge is 0.321 e. The lowest BCUT2D eigenvalue weighted by Gasteiger charge is -2.18. The molecule has 1 aliphatic rings. The van der Waals surface area contributed by atoms with Crippen LogP contribution in [0.3, 0.4) is 0 Å². The molecule has 10 heteroatoms. The predicted octanol–water partition coefficient (Wildman–Crippen LogP) is 4.55. The number of aromatic nitrogens is 5. The highest BCUT2D eigenvalue weighted by atomic mass is 32.1. The van der Waals surface area contributed by atoms with Gasteiger partial charge < -0.3 is 9.84 Å². The molecular formula is C20H25N7O2S. The fourth-order valence-electron chi connectivity index (χ4n) is 3.56. The Morgan fingerprint density at radius 3 is 2.80 bits per heavy atom. The van der Waals surface area contributed by atoms with Crippen molar-refractivity contribution in [3.05, 3.63) is 35.4 Å². The van der Waals surface area contributed by atoms with Gasteiger partial charge in [0.05, 0.1) is 0 Å². The van der Waals surface area contributed by atoms with Gasteiger partial charge in [0.1, 0.15) is 11.0 Å². The van der Waals surface area contributed by atoms with Crippen molar-refractivity contribution < 1.29 is 9.32 Å². The summed E-state index contributed by atoms with van der Waals surface area (Å²) in [5, 5.41) is 19.6. The summed E-state index contributed by atoms with van der Waals surface area (Å²) in [7, 11) is 0. The highest BCUT2D eigenvalue weighted by Crippen LogP contribution is 2.35. The molecule has 30 heavy (non-hydrogen) atoms. The number of hydrogen-bond acceptors (Lipinski definition) is 8. The topological polar surface area (TPSA) is 119 Å². The second-order valence-corrected chi connectivity index (χ2v) is 8.81. The summed E-state index contributed by atoms with van der Waals surface area (Å²) in [6, 6.07) is 2.85. The first kappa shape index (κ1) is 20.4. The molecule has 9 nitrogen and oxygen atoms in total.